The summed E-state index contributed by atoms with van der Waals surface area (Å²) in [6.45, 7) is 0.599. The van der Waals surface area contributed by atoms with Crippen LogP contribution in [0.2, 0.25) is 0 Å². The molecule has 22 heavy (non-hydrogen) atoms. The Balaban J connectivity index is 1.71. The zero-order chi connectivity index (χ0) is 15.5. The summed E-state index contributed by atoms with van der Waals surface area (Å²) in [5.74, 6) is 0. The lowest BCUT2D eigenvalue weighted by molar-refractivity contribution is 0.150. The van der Waals surface area contributed by atoms with Crippen molar-refractivity contribution >= 4 is 22.5 Å². The van der Waals surface area contributed by atoms with Crippen LogP contribution >= 0.6 is 11.3 Å². The number of likely N-dealkylation sites (tertiary alicyclic amines) is 1. The van der Waals surface area contributed by atoms with Gasteiger partial charge in [-0.3, -0.25) is 10.4 Å². The van der Waals surface area contributed by atoms with E-state index < -0.39 is 11.4 Å². The van der Waals surface area contributed by atoms with Gasteiger partial charge in [-0.25, -0.2) is 13.6 Å². The van der Waals surface area contributed by atoms with E-state index >= 15 is 0 Å². The lowest BCUT2D eigenvalue weighted by Gasteiger charge is -2.34. The van der Waals surface area contributed by atoms with E-state index in [1.165, 1.54) is 0 Å². The number of nitrogens with zero attached hydrogens (tertiary/aromatic N) is 4. The van der Waals surface area contributed by atoms with E-state index in [1.54, 1.807) is 17.3 Å². The van der Waals surface area contributed by atoms with Gasteiger partial charge in [0.1, 0.15) is 0 Å². The normalized spacial score (nSPS) is 18.7. The van der Waals surface area contributed by atoms with Crippen LogP contribution in [0.15, 0.2) is 12.4 Å². The van der Waals surface area contributed by atoms with E-state index in [1.807, 2.05) is 0 Å². The van der Waals surface area contributed by atoms with Crippen LogP contribution in [0, 0.1) is 0 Å². The number of H-pyrrole nitrogens is 1. The van der Waals surface area contributed by atoms with Gasteiger partial charge in [-0.15, -0.1) is 10.2 Å². The molecule has 0 radical (unpaired) electrons. The van der Waals surface area contributed by atoms with Crippen molar-refractivity contribution in [2.45, 2.75) is 31.7 Å². The molecule has 0 aromatic carbocycles. The minimum atomic E-state index is -2.68. The largest absolute Gasteiger partial charge is 0.324 e. The highest BCUT2D eigenvalue weighted by Gasteiger charge is 2.29. The van der Waals surface area contributed by atoms with Crippen LogP contribution in [0.5, 0.6) is 0 Å². The molecule has 0 bridgehead atoms. The molecule has 2 aromatic heterocycles. The SMILES string of the molecule is O=C(Nc1nnc(C(F)F)s1)N1CCCC[C@H]1c1cn[nH]c1. The summed E-state index contributed by atoms with van der Waals surface area (Å²) in [5, 5.41) is 15.8. The number of hydrogen-bond acceptors (Lipinski definition) is 5. The molecule has 1 saturated heterocycles. The maximum atomic E-state index is 12.5. The number of carbonyl (C=O) groups is 1. The molecule has 1 fully saturated rings. The number of anilines is 1. The van der Waals surface area contributed by atoms with Gasteiger partial charge in [-0.1, -0.05) is 11.3 Å². The second-order valence-electron chi connectivity index (χ2n) is 4.91. The number of alkyl halides is 2. The molecule has 10 heteroatoms. The summed E-state index contributed by atoms with van der Waals surface area (Å²) in [6, 6.07) is -0.433. The van der Waals surface area contributed by atoms with Gasteiger partial charge in [-0.2, -0.15) is 5.10 Å². The maximum Gasteiger partial charge on any atom is 0.324 e. The number of amides is 2. The predicted octanol–water partition coefficient (Wildman–Crippen LogP) is 2.96. The van der Waals surface area contributed by atoms with Crippen LogP contribution in [0.4, 0.5) is 18.7 Å². The lowest BCUT2D eigenvalue weighted by atomic mass is 9.98. The Labute approximate surface area is 128 Å². The molecule has 118 valence electrons. The van der Waals surface area contributed by atoms with E-state index in [-0.39, 0.29) is 17.2 Å². The first-order chi connectivity index (χ1) is 10.6. The third kappa shape index (κ3) is 3.06. The van der Waals surface area contributed by atoms with Gasteiger partial charge >= 0.3 is 6.03 Å². The van der Waals surface area contributed by atoms with E-state index in [4.69, 9.17) is 0 Å². The maximum absolute atomic E-state index is 12.5. The first kappa shape index (κ1) is 14.8. The van der Waals surface area contributed by atoms with E-state index in [9.17, 15) is 13.6 Å². The fraction of sp³-hybridized carbons (Fsp3) is 0.500. The van der Waals surface area contributed by atoms with Crippen LogP contribution in [-0.4, -0.2) is 37.9 Å². The van der Waals surface area contributed by atoms with E-state index in [0.717, 1.165) is 24.8 Å². The first-order valence-corrected chi connectivity index (χ1v) is 7.64. The summed E-state index contributed by atoms with van der Waals surface area (Å²) in [6.07, 6.45) is 3.53. The lowest BCUT2D eigenvalue weighted by Crippen LogP contribution is -2.41. The van der Waals surface area contributed by atoms with E-state index in [2.05, 4.69) is 25.7 Å². The summed E-state index contributed by atoms with van der Waals surface area (Å²) < 4.78 is 25.0. The second kappa shape index (κ2) is 6.34. The smallest absolute Gasteiger partial charge is 0.317 e. The Bertz CT molecular complexity index is 631. The molecule has 0 saturated carbocycles. The number of piperidine rings is 1. The third-order valence-electron chi connectivity index (χ3n) is 3.51. The Morgan fingerprint density at radius 2 is 2.32 bits per heavy atom. The number of urea groups is 1. The summed E-state index contributed by atoms with van der Waals surface area (Å²) in [4.78, 5) is 14.1. The van der Waals surface area contributed by atoms with Crippen molar-refractivity contribution in [3.63, 3.8) is 0 Å². The average Bonchev–Trinajstić information content (AvgIpc) is 3.18. The van der Waals surface area contributed by atoms with Crippen molar-refractivity contribution in [2.24, 2.45) is 0 Å². The zero-order valence-corrected chi connectivity index (χ0v) is 12.3. The molecule has 1 aliphatic rings. The highest BCUT2D eigenvalue weighted by molar-refractivity contribution is 7.15. The summed E-state index contributed by atoms with van der Waals surface area (Å²) in [5.41, 5.74) is 0.931. The quantitative estimate of drug-likeness (QED) is 0.907. The minimum absolute atomic E-state index is 0.0741. The first-order valence-electron chi connectivity index (χ1n) is 6.83. The molecule has 2 amide bonds. The van der Waals surface area contributed by atoms with Gasteiger partial charge in [0.2, 0.25) is 5.13 Å². The van der Waals surface area contributed by atoms with Crippen molar-refractivity contribution in [1.82, 2.24) is 25.3 Å². The van der Waals surface area contributed by atoms with Crippen LogP contribution < -0.4 is 5.32 Å². The molecular formula is C12H14F2N6OS. The monoisotopic (exact) mass is 328 g/mol. The molecule has 0 spiro atoms. The minimum Gasteiger partial charge on any atom is -0.317 e. The van der Waals surface area contributed by atoms with Crippen molar-refractivity contribution in [3.05, 3.63) is 23.0 Å². The summed E-state index contributed by atoms with van der Waals surface area (Å²) in [7, 11) is 0. The van der Waals surface area contributed by atoms with Crippen LogP contribution in [0.1, 0.15) is 42.3 Å². The Morgan fingerprint density at radius 1 is 1.45 bits per heavy atom. The van der Waals surface area contributed by atoms with Gasteiger partial charge in [0.15, 0.2) is 5.01 Å². The van der Waals surface area contributed by atoms with E-state index in [0.29, 0.717) is 17.9 Å². The third-order valence-corrected chi connectivity index (χ3v) is 4.36. The molecule has 1 aliphatic heterocycles. The number of hydrogen-bond donors (Lipinski definition) is 2. The van der Waals surface area contributed by atoms with Gasteiger partial charge in [0.05, 0.1) is 12.2 Å². The average molecular weight is 328 g/mol. The Morgan fingerprint density at radius 3 is 3.00 bits per heavy atom. The van der Waals surface area contributed by atoms with Gasteiger partial charge in [0.25, 0.3) is 6.43 Å². The van der Waals surface area contributed by atoms with Crippen LogP contribution in [-0.2, 0) is 0 Å². The Kier molecular flexibility index (Phi) is 4.27. The molecule has 0 aliphatic carbocycles. The molecule has 3 heterocycles. The molecule has 0 unspecified atom stereocenters. The topological polar surface area (TPSA) is 86.8 Å². The fourth-order valence-corrected chi connectivity index (χ4v) is 3.09. The van der Waals surface area contributed by atoms with Crippen LogP contribution in [0.25, 0.3) is 0 Å². The van der Waals surface area contributed by atoms with Gasteiger partial charge in [-0.05, 0) is 19.3 Å². The molecule has 3 rings (SSSR count). The second-order valence-corrected chi connectivity index (χ2v) is 5.92. The van der Waals surface area contributed by atoms with Crippen molar-refractivity contribution in [3.8, 4) is 0 Å². The fourth-order valence-electron chi connectivity index (χ4n) is 2.50. The number of carbonyl (C=O) groups excluding carboxylic acids is 1. The number of aromatic nitrogens is 4. The molecule has 1 atom stereocenters. The van der Waals surface area contributed by atoms with Gasteiger partial charge < -0.3 is 4.90 Å². The molecule has 2 aromatic rings. The molecule has 7 nitrogen and oxygen atoms in total. The standard InChI is InChI=1S/C12H14F2N6OS/c13-9(14)10-18-19-11(22-10)17-12(21)20-4-2-1-3-8(20)7-5-15-16-6-7/h5-6,8-9H,1-4H2,(H,15,16)(H,17,19,21)/t8-/m0/s1. The number of rotatable bonds is 3. The Hall–Kier alpha value is -2.10. The predicted molar refractivity (Wildman–Crippen MR) is 75.8 cm³/mol. The van der Waals surface area contributed by atoms with Gasteiger partial charge in [0, 0.05) is 18.3 Å². The summed E-state index contributed by atoms with van der Waals surface area (Å²) >= 11 is 0.683. The molecular weight excluding hydrogens is 314 g/mol. The van der Waals surface area contributed by atoms with Crippen LogP contribution in [0.3, 0.4) is 0 Å². The van der Waals surface area contributed by atoms with Crippen molar-refractivity contribution < 1.29 is 13.6 Å². The van der Waals surface area contributed by atoms with Crippen molar-refractivity contribution in [2.75, 3.05) is 11.9 Å². The molecule has 2 N–H and O–H groups in total. The highest BCUT2D eigenvalue weighted by Crippen LogP contribution is 2.31. The van der Waals surface area contributed by atoms with Crippen molar-refractivity contribution in [1.29, 1.82) is 0 Å². The number of aromatic amines is 1. The highest BCUT2D eigenvalue weighted by atomic mass is 32.1. The number of halogens is 2. The number of nitrogens with one attached hydrogen (secondary N) is 2. The zero-order valence-electron chi connectivity index (χ0n) is 11.5.